The summed E-state index contributed by atoms with van der Waals surface area (Å²) in [4.78, 5) is 8.61. The van der Waals surface area contributed by atoms with Crippen LogP contribution in [-0.4, -0.2) is 21.6 Å². The topological polar surface area (TPSA) is 39.9 Å². The largest absolute Gasteiger partial charge is 0.496 e. The van der Waals surface area contributed by atoms with E-state index in [-0.39, 0.29) is 0 Å². The molecule has 0 radical (unpaired) electrons. The van der Waals surface area contributed by atoms with Crippen molar-refractivity contribution in [2.24, 2.45) is 0 Å². The molecule has 4 nitrogen and oxygen atoms in total. The molecule has 2 aromatic heterocycles. The van der Waals surface area contributed by atoms with Crippen molar-refractivity contribution in [3.05, 3.63) is 54.1 Å². The van der Waals surface area contributed by atoms with Crippen LogP contribution in [0.3, 0.4) is 0 Å². The number of methoxy groups -OCH3 is 1. The van der Waals surface area contributed by atoms with Gasteiger partial charge in [0.1, 0.15) is 17.1 Å². The van der Waals surface area contributed by atoms with Gasteiger partial charge in [0, 0.05) is 11.8 Å². The van der Waals surface area contributed by atoms with Gasteiger partial charge in [-0.1, -0.05) is 18.2 Å². The third kappa shape index (κ3) is 2.23. The van der Waals surface area contributed by atoms with Crippen molar-refractivity contribution < 1.29 is 4.74 Å². The number of rotatable bonds is 4. The van der Waals surface area contributed by atoms with E-state index < -0.39 is 0 Å². The van der Waals surface area contributed by atoms with Crippen LogP contribution in [0.1, 0.15) is 11.4 Å². The fourth-order valence-electron chi connectivity index (χ4n) is 2.31. The minimum absolute atomic E-state index is 0.365. The maximum Gasteiger partial charge on any atom is 0.125 e. The Bertz CT molecular complexity index is 739. The number of para-hydroxylation sites is 1. The molecule has 0 spiro atoms. The van der Waals surface area contributed by atoms with Gasteiger partial charge in [-0.3, -0.25) is 4.98 Å². The van der Waals surface area contributed by atoms with Crippen molar-refractivity contribution in [1.29, 1.82) is 0 Å². The van der Waals surface area contributed by atoms with E-state index >= 15 is 0 Å². The van der Waals surface area contributed by atoms with Crippen molar-refractivity contribution in [1.82, 2.24) is 14.5 Å². The van der Waals surface area contributed by atoms with Gasteiger partial charge < -0.3 is 9.30 Å². The normalized spacial score (nSPS) is 10.9. The molecule has 0 aliphatic carbocycles. The summed E-state index contributed by atoms with van der Waals surface area (Å²) >= 11 is 6.01. The molecular weight excluding hydrogens is 274 g/mol. The number of nitrogens with zero attached hydrogens (tertiary/aromatic N) is 3. The van der Waals surface area contributed by atoms with E-state index in [0.29, 0.717) is 12.4 Å². The van der Waals surface area contributed by atoms with E-state index in [4.69, 9.17) is 16.3 Å². The lowest BCUT2D eigenvalue weighted by Crippen LogP contribution is -2.05. The first-order valence-corrected chi connectivity index (χ1v) is 6.84. The quantitative estimate of drug-likeness (QED) is 0.692. The molecule has 0 bridgehead atoms. The number of halogens is 1. The van der Waals surface area contributed by atoms with Crippen molar-refractivity contribution in [2.75, 3.05) is 7.11 Å². The molecule has 0 aliphatic heterocycles. The Hall–Kier alpha value is -2.07. The highest BCUT2D eigenvalue weighted by atomic mass is 35.5. The second kappa shape index (κ2) is 5.51. The van der Waals surface area contributed by atoms with Crippen LogP contribution in [0.25, 0.3) is 11.0 Å². The number of imidazole rings is 1. The first kappa shape index (κ1) is 12.9. The molecule has 3 rings (SSSR count). The lowest BCUT2D eigenvalue weighted by Gasteiger charge is -2.11. The zero-order valence-corrected chi connectivity index (χ0v) is 11.8. The van der Waals surface area contributed by atoms with Crippen LogP contribution < -0.4 is 4.74 Å². The minimum atomic E-state index is 0.365. The van der Waals surface area contributed by atoms with Crippen LogP contribution >= 0.6 is 11.6 Å². The lowest BCUT2D eigenvalue weighted by molar-refractivity contribution is 0.408. The molecule has 0 amide bonds. The van der Waals surface area contributed by atoms with Gasteiger partial charge >= 0.3 is 0 Å². The smallest absolute Gasteiger partial charge is 0.125 e. The van der Waals surface area contributed by atoms with Gasteiger partial charge in [-0.25, -0.2) is 4.98 Å². The summed E-state index contributed by atoms with van der Waals surface area (Å²) < 4.78 is 7.50. The average molecular weight is 288 g/mol. The van der Waals surface area contributed by atoms with Gasteiger partial charge in [0.25, 0.3) is 0 Å². The Balaban J connectivity index is 2.10. The van der Waals surface area contributed by atoms with E-state index in [2.05, 4.69) is 14.5 Å². The Morgan fingerprint density at radius 2 is 2.10 bits per heavy atom. The number of pyridine rings is 1. The SMILES string of the molecule is COc1ccccc1Cn1c(CCl)nc2cnccc21. The van der Waals surface area contributed by atoms with Gasteiger partial charge in [-0.05, 0) is 12.1 Å². The zero-order valence-electron chi connectivity index (χ0n) is 11.1. The second-order valence-corrected chi connectivity index (χ2v) is 4.69. The highest BCUT2D eigenvalue weighted by Crippen LogP contribution is 2.23. The summed E-state index contributed by atoms with van der Waals surface area (Å²) in [5.41, 5.74) is 2.98. The van der Waals surface area contributed by atoms with E-state index in [1.54, 1.807) is 19.5 Å². The summed E-state index contributed by atoms with van der Waals surface area (Å²) in [6.07, 6.45) is 3.52. The Morgan fingerprint density at radius 1 is 1.25 bits per heavy atom. The Morgan fingerprint density at radius 3 is 2.90 bits per heavy atom. The van der Waals surface area contributed by atoms with Gasteiger partial charge in [-0.15, -0.1) is 11.6 Å². The van der Waals surface area contributed by atoms with E-state index in [9.17, 15) is 0 Å². The first-order chi connectivity index (χ1) is 9.83. The summed E-state index contributed by atoms with van der Waals surface area (Å²) in [6, 6.07) is 9.91. The molecule has 5 heteroatoms. The van der Waals surface area contributed by atoms with Crippen molar-refractivity contribution >= 4 is 22.6 Å². The maximum atomic E-state index is 6.01. The van der Waals surface area contributed by atoms with Gasteiger partial charge in [0.15, 0.2) is 0 Å². The highest BCUT2D eigenvalue weighted by Gasteiger charge is 2.12. The van der Waals surface area contributed by atoms with Crippen LogP contribution in [-0.2, 0) is 12.4 Å². The number of hydrogen-bond acceptors (Lipinski definition) is 3. The predicted octanol–water partition coefficient (Wildman–Crippen LogP) is 3.23. The van der Waals surface area contributed by atoms with Crippen LogP contribution in [0.5, 0.6) is 5.75 Å². The molecule has 102 valence electrons. The maximum absolute atomic E-state index is 6.01. The Kier molecular flexibility index (Phi) is 3.56. The number of fused-ring (bicyclic) bond motifs is 1. The number of ether oxygens (including phenoxy) is 1. The standard InChI is InChI=1S/C15H14ClN3O/c1-20-14-5-3-2-4-11(14)10-19-13-6-7-17-9-12(13)18-15(19)8-16/h2-7,9H,8,10H2,1H3. The van der Waals surface area contributed by atoms with Crippen LogP contribution in [0.2, 0.25) is 0 Å². The molecule has 1 aromatic carbocycles. The summed E-state index contributed by atoms with van der Waals surface area (Å²) in [5.74, 6) is 2.06. The third-order valence-corrected chi connectivity index (χ3v) is 3.51. The molecule has 3 aromatic rings. The van der Waals surface area contributed by atoms with Crippen LogP contribution in [0.15, 0.2) is 42.7 Å². The molecular formula is C15H14ClN3O. The van der Waals surface area contributed by atoms with Gasteiger partial charge in [-0.2, -0.15) is 0 Å². The molecule has 2 heterocycles. The summed E-state index contributed by atoms with van der Waals surface area (Å²) in [6.45, 7) is 0.673. The molecule has 0 atom stereocenters. The van der Waals surface area contributed by atoms with Crippen molar-refractivity contribution in [3.8, 4) is 5.75 Å². The second-order valence-electron chi connectivity index (χ2n) is 4.42. The van der Waals surface area contributed by atoms with Crippen molar-refractivity contribution in [2.45, 2.75) is 12.4 Å². The van der Waals surface area contributed by atoms with E-state index in [1.165, 1.54) is 0 Å². The lowest BCUT2D eigenvalue weighted by atomic mass is 10.2. The van der Waals surface area contributed by atoms with Gasteiger partial charge in [0.2, 0.25) is 0 Å². The molecule has 0 saturated carbocycles. The highest BCUT2D eigenvalue weighted by molar-refractivity contribution is 6.16. The molecule has 0 fully saturated rings. The van der Waals surface area contributed by atoms with Gasteiger partial charge in [0.05, 0.1) is 31.2 Å². The number of hydrogen-bond donors (Lipinski definition) is 0. The molecule has 0 saturated heterocycles. The molecule has 20 heavy (non-hydrogen) atoms. The average Bonchev–Trinajstić information content (AvgIpc) is 2.86. The number of alkyl halides is 1. The van der Waals surface area contributed by atoms with Crippen LogP contribution in [0.4, 0.5) is 0 Å². The number of aromatic nitrogens is 3. The molecule has 0 unspecified atom stereocenters. The summed E-state index contributed by atoms with van der Waals surface area (Å²) in [7, 11) is 1.68. The minimum Gasteiger partial charge on any atom is -0.496 e. The van der Waals surface area contributed by atoms with Crippen molar-refractivity contribution in [3.63, 3.8) is 0 Å². The van der Waals surface area contributed by atoms with Crippen LogP contribution in [0, 0.1) is 0 Å². The van der Waals surface area contributed by atoms with E-state index in [0.717, 1.165) is 28.2 Å². The molecule has 0 aliphatic rings. The number of benzene rings is 1. The predicted molar refractivity (Wildman–Crippen MR) is 79.2 cm³/mol. The Labute approximate surface area is 122 Å². The fraction of sp³-hybridized carbons (Fsp3) is 0.200. The fourth-order valence-corrected chi connectivity index (χ4v) is 2.52. The molecule has 0 N–H and O–H groups in total. The zero-order chi connectivity index (χ0) is 13.9. The van der Waals surface area contributed by atoms with E-state index in [1.807, 2.05) is 30.3 Å². The third-order valence-electron chi connectivity index (χ3n) is 3.27. The summed E-state index contributed by atoms with van der Waals surface area (Å²) in [5, 5.41) is 0. The first-order valence-electron chi connectivity index (χ1n) is 6.30. The monoisotopic (exact) mass is 287 g/mol.